The standard InChI is InChI=1S/C30H48N2O3/c1-28-10-6-24(35-18-3-15-32-16-13-31-14-17-32)20-23(28)4-5-27-26(28)7-11-29(2)25(8-12-30(27,29)33)22-9-19-34-21-22/h9,19,21,23-27,31,33H,3-8,10-18,20H2,1-2H3/t23?,24?,25?,26-,27-,28+,29-,30-/m1/s1. The van der Waals surface area contributed by atoms with Crippen molar-refractivity contribution < 1.29 is 14.3 Å². The highest BCUT2D eigenvalue weighted by molar-refractivity contribution is 5.26. The van der Waals surface area contributed by atoms with E-state index in [0.717, 1.165) is 51.3 Å². The van der Waals surface area contributed by atoms with Crippen LogP contribution in [0.1, 0.15) is 89.5 Å². The van der Waals surface area contributed by atoms with Crippen molar-refractivity contribution in [3.63, 3.8) is 0 Å². The fourth-order valence-electron chi connectivity index (χ4n) is 9.82. The maximum atomic E-state index is 12.4. The van der Waals surface area contributed by atoms with E-state index in [0.29, 0.717) is 29.3 Å². The van der Waals surface area contributed by atoms with Crippen LogP contribution in [0.5, 0.6) is 0 Å². The lowest BCUT2D eigenvalue weighted by atomic mass is 9.43. The molecule has 4 aliphatic carbocycles. The average Bonchev–Trinajstić information content (AvgIpc) is 3.48. The van der Waals surface area contributed by atoms with Crippen molar-refractivity contribution >= 4 is 0 Å². The summed E-state index contributed by atoms with van der Waals surface area (Å²) >= 11 is 0. The van der Waals surface area contributed by atoms with Gasteiger partial charge in [-0.3, -0.25) is 0 Å². The third-order valence-corrected chi connectivity index (χ3v) is 11.9. The quantitative estimate of drug-likeness (QED) is 0.544. The Kier molecular flexibility index (Phi) is 6.61. The largest absolute Gasteiger partial charge is 0.472 e. The monoisotopic (exact) mass is 484 g/mol. The molecule has 6 rings (SSSR count). The normalized spacial score (nSPS) is 46.1. The van der Waals surface area contributed by atoms with Crippen LogP contribution in [-0.2, 0) is 4.74 Å². The van der Waals surface area contributed by atoms with Crippen LogP contribution in [0, 0.1) is 28.6 Å². The van der Waals surface area contributed by atoms with Gasteiger partial charge in [0.1, 0.15) is 0 Å². The van der Waals surface area contributed by atoms with Gasteiger partial charge in [-0.05, 0) is 105 Å². The van der Waals surface area contributed by atoms with Crippen molar-refractivity contribution in [2.45, 2.75) is 95.7 Å². The van der Waals surface area contributed by atoms with Crippen LogP contribution in [0.3, 0.4) is 0 Å². The molecule has 0 amide bonds. The topological polar surface area (TPSA) is 57.9 Å². The minimum Gasteiger partial charge on any atom is -0.472 e. The highest BCUT2D eigenvalue weighted by Gasteiger charge is 2.67. The molecule has 35 heavy (non-hydrogen) atoms. The van der Waals surface area contributed by atoms with Gasteiger partial charge in [0.2, 0.25) is 0 Å². The van der Waals surface area contributed by atoms with E-state index in [2.05, 4.69) is 30.1 Å². The fraction of sp³-hybridized carbons (Fsp3) is 0.867. The molecule has 0 aromatic carbocycles. The molecule has 0 spiro atoms. The Morgan fingerprint density at radius 1 is 1.06 bits per heavy atom. The van der Waals surface area contributed by atoms with Gasteiger partial charge in [-0.1, -0.05) is 13.8 Å². The van der Waals surface area contributed by atoms with Crippen LogP contribution in [0.25, 0.3) is 0 Å². The minimum absolute atomic E-state index is 0.0219. The molecule has 1 aliphatic heterocycles. The lowest BCUT2D eigenvalue weighted by Gasteiger charge is -2.63. The van der Waals surface area contributed by atoms with Crippen LogP contribution < -0.4 is 5.32 Å². The summed E-state index contributed by atoms with van der Waals surface area (Å²) < 4.78 is 11.9. The number of rotatable bonds is 6. The number of ether oxygens (including phenoxy) is 1. The van der Waals surface area contributed by atoms with Crippen LogP contribution >= 0.6 is 0 Å². The minimum atomic E-state index is -0.525. The highest BCUT2D eigenvalue weighted by atomic mass is 16.5. The van der Waals surface area contributed by atoms with E-state index in [1.54, 1.807) is 6.26 Å². The summed E-state index contributed by atoms with van der Waals surface area (Å²) in [5, 5.41) is 15.8. The number of nitrogens with one attached hydrogen (secondary N) is 1. The Hall–Kier alpha value is -0.880. The second-order valence-electron chi connectivity index (χ2n) is 13.2. The average molecular weight is 485 g/mol. The molecule has 3 unspecified atom stereocenters. The number of nitrogens with zero attached hydrogens (tertiary/aromatic N) is 1. The predicted octanol–water partition coefficient (Wildman–Crippen LogP) is 5.20. The van der Waals surface area contributed by atoms with Crippen molar-refractivity contribution in [2.24, 2.45) is 28.6 Å². The number of aliphatic hydroxyl groups is 1. The first-order valence-electron chi connectivity index (χ1n) is 14.7. The lowest BCUT2D eigenvalue weighted by molar-refractivity contribution is -0.207. The van der Waals surface area contributed by atoms with Gasteiger partial charge in [0.05, 0.1) is 24.2 Å². The van der Waals surface area contributed by atoms with Gasteiger partial charge in [0.15, 0.2) is 0 Å². The van der Waals surface area contributed by atoms with E-state index >= 15 is 0 Å². The first-order chi connectivity index (χ1) is 16.9. The molecule has 1 saturated heterocycles. The molecule has 8 atom stereocenters. The van der Waals surface area contributed by atoms with Crippen LogP contribution in [0.15, 0.2) is 23.0 Å². The fourth-order valence-corrected chi connectivity index (χ4v) is 9.82. The molecule has 1 aromatic heterocycles. The molecule has 4 saturated carbocycles. The zero-order valence-corrected chi connectivity index (χ0v) is 22.1. The Labute approximate surface area is 212 Å². The van der Waals surface area contributed by atoms with Gasteiger partial charge in [0.25, 0.3) is 0 Å². The van der Waals surface area contributed by atoms with E-state index < -0.39 is 5.60 Å². The number of piperazine rings is 1. The molecule has 5 aliphatic rings. The zero-order chi connectivity index (χ0) is 24.1. The number of furan rings is 1. The van der Waals surface area contributed by atoms with Gasteiger partial charge in [0, 0.05) is 44.7 Å². The molecular formula is C30H48N2O3. The van der Waals surface area contributed by atoms with Gasteiger partial charge < -0.3 is 24.5 Å². The van der Waals surface area contributed by atoms with E-state index in [4.69, 9.17) is 9.15 Å². The summed E-state index contributed by atoms with van der Waals surface area (Å²) in [6.45, 7) is 11.7. The highest BCUT2D eigenvalue weighted by Crippen LogP contribution is 2.70. The van der Waals surface area contributed by atoms with E-state index in [9.17, 15) is 5.11 Å². The summed E-state index contributed by atoms with van der Waals surface area (Å²) in [4.78, 5) is 2.57. The SMILES string of the molecule is C[C@]12CCC(OCCCN3CCNCC3)CC1CC[C@@H]1[C@H]2CC[C@]2(C)C(c3ccoc3)CC[C@@]12O. The van der Waals surface area contributed by atoms with Gasteiger partial charge >= 0.3 is 0 Å². The van der Waals surface area contributed by atoms with Crippen molar-refractivity contribution in [3.8, 4) is 0 Å². The molecule has 0 bridgehead atoms. The van der Waals surface area contributed by atoms with Crippen LogP contribution in [-0.4, -0.2) is 61.0 Å². The predicted molar refractivity (Wildman–Crippen MR) is 138 cm³/mol. The molecule has 5 nitrogen and oxygen atoms in total. The molecule has 5 fully saturated rings. The molecular weight excluding hydrogens is 436 g/mol. The molecule has 1 aromatic rings. The number of hydrogen-bond donors (Lipinski definition) is 2. The third-order valence-electron chi connectivity index (χ3n) is 11.9. The van der Waals surface area contributed by atoms with Gasteiger partial charge in [-0.15, -0.1) is 0 Å². The first-order valence-corrected chi connectivity index (χ1v) is 14.7. The Balaban J connectivity index is 1.08. The Morgan fingerprint density at radius 3 is 2.71 bits per heavy atom. The van der Waals surface area contributed by atoms with Crippen LogP contribution in [0.2, 0.25) is 0 Å². The first kappa shape index (κ1) is 24.5. The molecule has 2 N–H and O–H groups in total. The van der Waals surface area contributed by atoms with E-state index in [1.807, 2.05) is 6.26 Å². The summed E-state index contributed by atoms with van der Waals surface area (Å²) in [5.41, 5.74) is 1.13. The van der Waals surface area contributed by atoms with E-state index in [-0.39, 0.29) is 5.41 Å². The second-order valence-corrected chi connectivity index (χ2v) is 13.2. The summed E-state index contributed by atoms with van der Waals surface area (Å²) in [6, 6.07) is 2.14. The Morgan fingerprint density at radius 2 is 1.91 bits per heavy atom. The summed E-state index contributed by atoms with van der Waals surface area (Å²) in [7, 11) is 0. The van der Waals surface area contributed by atoms with Gasteiger partial charge in [-0.25, -0.2) is 0 Å². The lowest BCUT2D eigenvalue weighted by Crippen LogP contribution is -2.62. The Bertz CT molecular complexity index is 854. The smallest absolute Gasteiger partial charge is 0.0937 e. The molecule has 2 heterocycles. The van der Waals surface area contributed by atoms with Crippen molar-refractivity contribution in [1.82, 2.24) is 10.2 Å². The van der Waals surface area contributed by atoms with Crippen LogP contribution in [0.4, 0.5) is 0 Å². The summed E-state index contributed by atoms with van der Waals surface area (Å²) in [6.07, 6.45) is 16.0. The van der Waals surface area contributed by atoms with Crippen molar-refractivity contribution in [3.05, 3.63) is 24.2 Å². The van der Waals surface area contributed by atoms with Crippen molar-refractivity contribution in [1.29, 1.82) is 0 Å². The maximum Gasteiger partial charge on any atom is 0.0937 e. The second kappa shape index (κ2) is 9.45. The van der Waals surface area contributed by atoms with Crippen molar-refractivity contribution in [2.75, 3.05) is 39.3 Å². The number of fused-ring (bicyclic) bond motifs is 5. The van der Waals surface area contributed by atoms with E-state index in [1.165, 1.54) is 63.7 Å². The third kappa shape index (κ3) is 4.04. The summed E-state index contributed by atoms with van der Waals surface area (Å²) in [5.74, 6) is 2.31. The number of hydrogen-bond acceptors (Lipinski definition) is 5. The maximum absolute atomic E-state index is 12.4. The van der Waals surface area contributed by atoms with Gasteiger partial charge in [-0.2, -0.15) is 0 Å². The molecule has 196 valence electrons. The molecule has 0 radical (unpaired) electrons. The zero-order valence-electron chi connectivity index (χ0n) is 22.1. The molecule has 5 heteroatoms.